The van der Waals surface area contributed by atoms with Gasteiger partial charge in [-0.3, -0.25) is 0 Å². The summed E-state index contributed by atoms with van der Waals surface area (Å²) < 4.78 is 40.5. The van der Waals surface area contributed by atoms with Gasteiger partial charge in [0.05, 0.1) is 19.8 Å². The van der Waals surface area contributed by atoms with Crippen molar-refractivity contribution in [2.75, 3.05) is 20.5 Å². The van der Waals surface area contributed by atoms with Crippen molar-refractivity contribution in [2.24, 2.45) is 0 Å². The molecule has 2 rings (SSSR count). The summed E-state index contributed by atoms with van der Waals surface area (Å²) in [4.78, 5) is 11.2. The van der Waals surface area contributed by atoms with Crippen LogP contribution in [0.2, 0.25) is 0 Å². The van der Waals surface area contributed by atoms with Crippen LogP contribution in [0.15, 0.2) is 35.2 Å². The number of carboxylic acid groups (broad SMARTS) is 1. The van der Waals surface area contributed by atoms with Crippen LogP contribution in [0.25, 0.3) is 0 Å². The molecular formula is C18H20O7S. The van der Waals surface area contributed by atoms with E-state index in [9.17, 15) is 18.3 Å². The van der Waals surface area contributed by atoms with Crippen molar-refractivity contribution >= 4 is 15.8 Å². The third-order valence-electron chi connectivity index (χ3n) is 3.77. The highest BCUT2D eigenvalue weighted by atomic mass is 32.2. The number of hydrogen-bond acceptors (Lipinski definition) is 6. The highest BCUT2D eigenvalue weighted by Gasteiger charge is 2.22. The lowest BCUT2D eigenvalue weighted by molar-refractivity contribution is 0.0695. The van der Waals surface area contributed by atoms with E-state index in [1.165, 1.54) is 20.3 Å². The van der Waals surface area contributed by atoms with Gasteiger partial charge in [-0.2, -0.15) is 0 Å². The standard InChI is InChI=1S/C18H20O7S/c1-5-11-8-16(17(26(4,21)22)10-13(11)18(19)20)25-14-7-6-12(23-2)9-15(14)24-3/h6-10H,5H2,1-4H3,(H,19,20). The maximum absolute atomic E-state index is 12.1. The molecule has 0 spiro atoms. The molecule has 8 heteroatoms. The highest BCUT2D eigenvalue weighted by molar-refractivity contribution is 7.90. The molecule has 0 saturated carbocycles. The molecule has 0 heterocycles. The lowest BCUT2D eigenvalue weighted by atomic mass is 10.0. The summed E-state index contributed by atoms with van der Waals surface area (Å²) in [6, 6.07) is 7.39. The van der Waals surface area contributed by atoms with E-state index in [1.54, 1.807) is 25.1 Å². The molecule has 0 saturated heterocycles. The van der Waals surface area contributed by atoms with E-state index in [2.05, 4.69) is 0 Å². The zero-order valence-corrected chi connectivity index (χ0v) is 15.7. The second-order valence-electron chi connectivity index (χ2n) is 5.51. The fourth-order valence-corrected chi connectivity index (χ4v) is 3.24. The molecule has 0 unspecified atom stereocenters. The number of sulfone groups is 1. The van der Waals surface area contributed by atoms with Crippen molar-refractivity contribution in [2.45, 2.75) is 18.2 Å². The summed E-state index contributed by atoms with van der Waals surface area (Å²) in [7, 11) is -0.763. The molecule has 0 radical (unpaired) electrons. The molecule has 140 valence electrons. The Morgan fingerprint density at radius 1 is 1.04 bits per heavy atom. The van der Waals surface area contributed by atoms with Crippen LogP contribution in [0, 0.1) is 0 Å². The van der Waals surface area contributed by atoms with Crippen molar-refractivity contribution in [1.82, 2.24) is 0 Å². The predicted octanol–water partition coefficient (Wildman–Crippen LogP) is 3.16. The number of methoxy groups -OCH3 is 2. The number of ether oxygens (including phenoxy) is 3. The van der Waals surface area contributed by atoms with Gasteiger partial charge in [-0.1, -0.05) is 6.92 Å². The number of rotatable bonds is 7. The van der Waals surface area contributed by atoms with Crippen LogP contribution in [-0.2, 0) is 16.3 Å². The van der Waals surface area contributed by atoms with Crippen LogP contribution >= 0.6 is 0 Å². The number of hydrogen-bond donors (Lipinski definition) is 1. The Hall–Kier alpha value is -2.74. The Bertz CT molecular complexity index is 933. The highest BCUT2D eigenvalue weighted by Crippen LogP contribution is 2.38. The van der Waals surface area contributed by atoms with Gasteiger partial charge in [-0.15, -0.1) is 0 Å². The molecule has 0 bridgehead atoms. The molecule has 0 aromatic heterocycles. The van der Waals surface area contributed by atoms with Crippen LogP contribution in [0.1, 0.15) is 22.8 Å². The number of aryl methyl sites for hydroxylation is 1. The number of benzene rings is 2. The first-order valence-electron chi connectivity index (χ1n) is 7.71. The third-order valence-corrected chi connectivity index (χ3v) is 4.89. The van der Waals surface area contributed by atoms with Crippen molar-refractivity contribution < 1.29 is 32.5 Å². The zero-order valence-electron chi connectivity index (χ0n) is 14.9. The fourth-order valence-electron chi connectivity index (χ4n) is 2.44. The first-order chi connectivity index (χ1) is 12.2. The first kappa shape index (κ1) is 19.6. The van der Waals surface area contributed by atoms with Gasteiger partial charge < -0.3 is 19.3 Å². The Labute approximate surface area is 152 Å². The SMILES string of the molecule is CCc1cc(Oc2ccc(OC)cc2OC)c(S(C)(=O)=O)cc1C(=O)O. The van der Waals surface area contributed by atoms with Crippen molar-refractivity contribution in [3.8, 4) is 23.0 Å². The van der Waals surface area contributed by atoms with E-state index in [-0.39, 0.29) is 22.0 Å². The minimum absolute atomic E-state index is 0.0396. The summed E-state index contributed by atoms with van der Waals surface area (Å²) in [5, 5.41) is 9.34. The van der Waals surface area contributed by atoms with E-state index >= 15 is 0 Å². The molecule has 0 atom stereocenters. The van der Waals surface area contributed by atoms with Crippen LogP contribution < -0.4 is 14.2 Å². The summed E-state index contributed by atoms with van der Waals surface area (Å²) in [6.45, 7) is 1.78. The minimum Gasteiger partial charge on any atom is -0.497 e. The average molecular weight is 380 g/mol. The van der Waals surface area contributed by atoms with Gasteiger partial charge in [0.25, 0.3) is 0 Å². The lowest BCUT2D eigenvalue weighted by Gasteiger charge is -2.16. The predicted molar refractivity (Wildman–Crippen MR) is 95.5 cm³/mol. The quantitative estimate of drug-likeness (QED) is 0.787. The zero-order chi connectivity index (χ0) is 19.5. The molecule has 0 aliphatic rings. The van der Waals surface area contributed by atoms with Gasteiger partial charge in [0.1, 0.15) is 16.4 Å². The number of carboxylic acids is 1. The van der Waals surface area contributed by atoms with Gasteiger partial charge in [-0.25, -0.2) is 13.2 Å². The minimum atomic E-state index is -3.72. The molecule has 0 aliphatic heterocycles. The third kappa shape index (κ3) is 4.08. The summed E-state index contributed by atoms with van der Waals surface area (Å²) in [6.07, 6.45) is 1.40. The Balaban J connectivity index is 2.64. The van der Waals surface area contributed by atoms with E-state index in [4.69, 9.17) is 14.2 Å². The monoisotopic (exact) mass is 380 g/mol. The molecule has 26 heavy (non-hydrogen) atoms. The largest absolute Gasteiger partial charge is 0.497 e. The van der Waals surface area contributed by atoms with Crippen LogP contribution in [0.3, 0.4) is 0 Å². The molecule has 1 N–H and O–H groups in total. The maximum atomic E-state index is 12.1. The molecule has 0 amide bonds. The summed E-state index contributed by atoms with van der Waals surface area (Å²) >= 11 is 0. The van der Waals surface area contributed by atoms with Crippen molar-refractivity contribution in [1.29, 1.82) is 0 Å². The normalized spacial score (nSPS) is 11.1. The maximum Gasteiger partial charge on any atom is 0.336 e. The van der Waals surface area contributed by atoms with Crippen LogP contribution in [0.4, 0.5) is 0 Å². The topological polar surface area (TPSA) is 99.1 Å². The second kappa shape index (κ2) is 7.65. The molecule has 2 aromatic rings. The van der Waals surface area contributed by atoms with E-state index in [0.29, 0.717) is 23.5 Å². The van der Waals surface area contributed by atoms with Gasteiger partial charge in [-0.05, 0) is 36.2 Å². The summed E-state index contributed by atoms with van der Waals surface area (Å²) in [5.74, 6) is 0.0265. The van der Waals surface area contributed by atoms with Crippen molar-refractivity contribution in [3.63, 3.8) is 0 Å². The fraction of sp³-hybridized carbons (Fsp3) is 0.278. The van der Waals surface area contributed by atoms with E-state index in [1.807, 2.05) is 0 Å². The van der Waals surface area contributed by atoms with Crippen LogP contribution in [0.5, 0.6) is 23.0 Å². The van der Waals surface area contributed by atoms with Gasteiger partial charge in [0.2, 0.25) is 0 Å². The van der Waals surface area contributed by atoms with Crippen molar-refractivity contribution in [3.05, 3.63) is 41.5 Å². The van der Waals surface area contributed by atoms with Crippen LogP contribution in [-0.4, -0.2) is 40.0 Å². The molecule has 7 nitrogen and oxygen atoms in total. The Kier molecular flexibility index (Phi) is 5.76. The molecular weight excluding hydrogens is 360 g/mol. The van der Waals surface area contributed by atoms with E-state index in [0.717, 1.165) is 12.3 Å². The molecule has 0 fully saturated rings. The lowest BCUT2D eigenvalue weighted by Crippen LogP contribution is -2.08. The Morgan fingerprint density at radius 2 is 1.73 bits per heavy atom. The Morgan fingerprint density at radius 3 is 2.23 bits per heavy atom. The number of carbonyl (C=O) groups is 1. The van der Waals surface area contributed by atoms with Gasteiger partial charge in [0, 0.05) is 12.3 Å². The van der Waals surface area contributed by atoms with E-state index < -0.39 is 15.8 Å². The number of aromatic carboxylic acids is 1. The second-order valence-corrected chi connectivity index (χ2v) is 7.49. The molecule has 2 aromatic carbocycles. The molecule has 0 aliphatic carbocycles. The first-order valence-corrected chi connectivity index (χ1v) is 9.60. The van der Waals surface area contributed by atoms with Gasteiger partial charge in [0.15, 0.2) is 21.3 Å². The summed E-state index contributed by atoms with van der Waals surface area (Å²) in [5.41, 5.74) is 0.398. The smallest absolute Gasteiger partial charge is 0.336 e. The average Bonchev–Trinajstić information content (AvgIpc) is 2.60. The van der Waals surface area contributed by atoms with Gasteiger partial charge >= 0.3 is 5.97 Å².